The number of hydrazine groups is 1. The molecule has 0 spiro atoms. The highest BCUT2D eigenvalue weighted by Gasteiger charge is 2.22. The number of aryl methyl sites for hydroxylation is 1. The highest BCUT2D eigenvalue weighted by atomic mass is 79.9. The highest BCUT2D eigenvalue weighted by molar-refractivity contribution is 9.10. The number of hydrogen-bond acceptors (Lipinski definition) is 6. The van der Waals surface area contributed by atoms with Crippen molar-refractivity contribution in [2.45, 2.75) is 6.04 Å². The molecule has 0 aliphatic rings. The molecule has 0 fully saturated rings. The number of sulfone groups is 1. The van der Waals surface area contributed by atoms with Crippen molar-refractivity contribution in [2.24, 2.45) is 12.9 Å². The van der Waals surface area contributed by atoms with Gasteiger partial charge in [-0.2, -0.15) is 0 Å². The molecule has 0 saturated heterocycles. The van der Waals surface area contributed by atoms with E-state index in [2.05, 4.69) is 31.7 Å². The molecule has 0 saturated carbocycles. The van der Waals surface area contributed by atoms with Gasteiger partial charge < -0.3 is 0 Å². The van der Waals surface area contributed by atoms with Gasteiger partial charge in [-0.25, -0.2) is 13.1 Å². The zero-order valence-electron chi connectivity index (χ0n) is 8.31. The van der Waals surface area contributed by atoms with Crippen LogP contribution in [0.1, 0.15) is 11.7 Å². The molecular formula is C6H12BrN5O2S. The second-order valence-corrected chi connectivity index (χ2v) is 6.14. The number of hydrogen-bond donors (Lipinski definition) is 2. The summed E-state index contributed by atoms with van der Waals surface area (Å²) in [5.41, 5.74) is 3.03. The lowest BCUT2D eigenvalue weighted by atomic mass is 10.3. The summed E-state index contributed by atoms with van der Waals surface area (Å²) in [6.07, 6.45) is 1.15. The van der Waals surface area contributed by atoms with Crippen LogP contribution in [0.15, 0.2) is 4.60 Å². The van der Waals surface area contributed by atoms with Gasteiger partial charge in [-0.3, -0.25) is 11.3 Å². The minimum atomic E-state index is -3.13. The first-order valence-electron chi connectivity index (χ1n) is 4.04. The number of nitrogens with one attached hydrogen (secondary N) is 1. The van der Waals surface area contributed by atoms with Gasteiger partial charge in [0.1, 0.15) is 9.84 Å². The Bertz CT molecular complexity index is 423. The standard InChI is InChI=1S/C6H12BrN5O2S/c1-12-5(6(7)10-11-12)4(9-8)3-15(2,13)14/h4,9H,3,8H2,1-2H3. The van der Waals surface area contributed by atoms with Crippen molar-refractivity contribution in [3.8, 4) is 0 Å². The van der Waals surface area contributed by atoms with Gasteiger partial charge in [-0.05, 0) is 15.9 Å². The van der Waals surface area contributed by atoms with Crippen molar-refractivity contribution in [1.82, 2.24) is 20.4 Å². The van der Waals surface area contributed by atoms with Gasteiger partial charge in [0.25, 0.3) is 0 Å². The Labute approximate surface area is 96.0 Å². The molecular weight excluding hydrogens is 286 g/mol. The van der Waals surface area contributed by atoms with Crippen LogP contribution in [0.4, 0.5) is 0 Å². The third kappa shape index (κ3) is 3.23. The summed E-state index contributed by atoms with van der Waals surface area (Å²) >= 11 is 3.18. The summed E-state index contributed by atoms with van der Waals surface area (Å²) in [7, 11) is -1.46. The molecule has 1 heterocycles. The molecule has 1 unspecified atom stereocenters. The maximum Gasteiger partial charge on any atom is 0.153 e. The van der Waals surface area contributed by atoms with Crippen molar-refractivity contribution < 1.29 is 8.42 Å². The summed E-state index contributed by atoms with van der Waals surface area (Å²) in [5.74, 6) is 5.20. The second-order valence-electron chi connectivity index (χ2n) is 3.20. The van der Waals surface area contributed by atoms with Crippen LogP contribution < -0.4 is 11.3 Å². The highest BCUT2D eigenvalue weighted by Crippen LogP contribution is 2.20. The Morgan fingerprint density at radius 2 is 2.27 bits per heavy atom. The molecule has 1 aromatic heterocycles. The van der Waals surface area contributed by atoms with Gasteiger partial charge >= 0.3 is 0 Å². The average Bonchev–Trinajstić information content (AvgIpc) is 2.41. The largest absolute Gasteiger partial charge is 0.271 e. The van der Waals surface area contributed by atoms with Gasteiger partial charge in [-0.1, -0.05) is 5.21 Å². The lowest BCUT2D eigenvalue weighted by Gasteiger charge is -2.14. The van der Waals surface area contributed by atoms with Crippen LogP contribution in [-0.2, 0) is 16.9 Å². The van der Waals surface area contributed by atoms with Crippen LogP contribution in [0, 0.1) is 0 Å². The normalized spacial score (nSPS) is 14.1. The first kappa shape index (κ1) is 12.6. The van der Waals surface area contributed by atoms with Gasteiger partial charge in [0, 0.05) is 13.3 Å². The van der Waals surface area contributed by atoms with E-state index in [1.54, 1.807) is 7.05 Å². The van der Waals surface area contributed by atoms with Crippen LogP contribution >= 0.6 is 15.9 Å². The number of halogens is 1. The maximum absolute atomic E-state index is 11.2. The van der Waals surface area contributed by atoms with E-state index in [1.165, 1.54) is 4.68 Å². The van der Waals surface area contributed by atoms with Crippen LogP contribution in [0.3, 0.4) is 0 Å². The van der Waals surface area contributed by atoms with Crippen molar-refractivity contribution in [1.29, 1.82) is 0 Å². The van der Waals surface area contributed by atoms with Crippen molar-refractivity contribution in [3.63, 3.8) is 0 Å². The monoisotopic (exact) mass is 297 g/mol. The molecule has 0 bridgehead atoms. The van der Waals surface area contributed by atoms with E-state index in [1.807, 2.05) is 0 Å². The molecule has 0 amide bonds. The predicted octanol–water partition coefficient (Wildman–Crippen LogP) is -0.873. The van der Waals surface area contributed by atoms with Crippen molar-refractivity contribution in [3.05, 3.63) is 10.3 Å². The number of nitrogens with two attached hydrogens (primary N) is 1. The maximum atomic E-state index is 11.2. The smallest absolute Gasteiger partial charge is 0.153 e. The Morgan fingerprint density at radius 1 is 1.67 bits per heavy atom. The first-order chi connectivity index (χ1) is 6.85. The Morgan fingerprint density at radius 3 is 2.60 bits per heavy atom. The molecule has 3 N–H and O–H groups in total. The predicted molar refractivity (Wildman–Crippen MR) is 58.5 cm³/mol. The van der Waals surface area contributed by atoms with E-state index in [-0.39, 0.29) is 5.75 Å². The van der Waals surface area contributed by atoms with E-state index in [0.29, 0.717) is 10.3 Å². The minimum absolute atomic E-state index is 0.108. The Balaban J connectivity index is 3.03. The molecule has 15 heavy (non-hydrogen) atoms. The molecule has 1 aromatic rings. The summed E-state index contributed by atoms with van der Waals surface area (Å²) in [5, 5.41) is 7.50. The summed E-state index contributed by atoms with van der Waals surface area (Å²) in [4.78, 5) is 0. The molecule has 1 rings (SSSR count). The van der Waals surface area contributed by atoms with Gasteiger partial charge in [0.05, 0.1) is 17.5 Å². The van der Waals surface area contributed by atoms with E-state index in [9.17, 15) is 8.42 Å². The molecule has 1 atom stereocenters. The SMILES string of the molecule is Cn1nnc(Br)c1C(CS(C)(=O)=O)NN. The molecule has 86 valence electrons. The lowest BCUT2D eigenvalue weighted by Crippen LogP contribution is -2.34. The Hall–Kier alpha value is -0.510. The third-order valence-corrected chi connectivity index (χ3v) is 3.33. The zero-order chi connectivity index (χ0) is 11.6. The number of aromatic nitrogens is 3. The van der Waals surface area contributed by atoms with Crippen LogP contribution in [0.25, 0.3) is 0 Å². The summed E-state index contributed by atoms with van der Waals surface area (Å²) < 4.78 is 24.3. The molecule has 0 aromatic carbocycles. The minimum Gasteiger partial charge on any atom is -0.271 e. The molecule has 7 nitrogen and oxygen atoms in total. The number of rotatable bonds is 4. The quantitative estimate of drug-likeness (QED) is 0.553. The topological polar surface area (TPSA) is 103 Å². The third-order valence-electron chi connectivity index (χ3n) is 1.83. The molecule has 0 aliphatic heterocycles. The van der Waals surface area contributed by atoms with Crippen molar-refractivity contribution >= 4 is 25.8 Å². The van der Waals surface area contributed by atoms with E-state index >= 15 is 0 Å². The fraction of sp³-hybridized carbons (Fsp3) is 0.667. The van der Waals surface area contributed by atoms with Gasteiger partial charge in [-0.15, -0.1) is 5.10 Å². The fourth-order valence-electron chi connectivity index (χ4n) is 1.22. The van der Waals surface area contributed by atoms with E-state index < -0.39 is 15.9 Å². The summed E-state index contributed by atoms with van der Waals surface area (Å²) in [6, 6.07) is -0.533. The van der Waals surface area contributed by atoms with Crippen molar-refractivity contribution in [2.75, 3.05) is 12.0 Å². The zero-order valence-corrected chi connectivity index (χ0v) is 10.7. The lowest BCUT2D eigenvalue weighted by molar-refractivity contribution is 0.530. The van der Waals surface area contributed by atoms with Gasteiger partial charge in [0.15, 0.2) is 4.60 Å². The summed E-state index contributed by atoms with van der Waals surface area (Å²) in [6.45, 7) is 0. The second kappa shape index (κ2) is 4.56. The molecule has 0 radical (unpaired) electrons. The molecule has 9 heteroatoms. The first-order valence-corrected chi connectivity index (χ1v) is 6.89. The molecule has 0 aliphatic carbocycles. The van der Waals surface area contributed by atoms with Crippen LogP contribution in [-0.4, -0.2) is 35.4 Å². The van der Waals surface area contributed by atoms with Gasteiger partial charge in [0.2, 0.25) is 0 Å². The van der Waals surface area contributed by atoms with E-state index in [4.69, 9.17) is 5.84 Å². The average molecular weight is 298 g/mol. The fourth-order valence-corrected chi connectivity index (χ4v) is 2.68. The Kier molecular flexibility index (Phi) is 3.82. The van der Waals surface area contributed by atoms with E-state index in [0.717, 1.165) is 6.26 Å². The van der Waals surface area contributed by atoms with Crippen LogP contribution in [0.2, 0.25) is 0 Å². The van der Waals surface area contributed by atoms with Crippen LogP contribution in [0.5, 0.6) is 0 Å². The number of nitrogens with zero attached hydrogens (tertiary/aromatic N) is 3.